The second kappa shape index (κ2) is 4.93. The normalized spacial score (nSPS) is 18.1. The topological polar surface area (TPSA) is 47.1 Å². The summed E-state index contributed by atoms with van der Waals surface area (Å²) in [5.41, 5.74) is 5.63. The predicted octanol–water partition coefficient (Wildman–Crippen LogP) is 1.15. The van der Waals surface area contributed by atoms with Crippen molar-refractivity contribution in [2.24, 2.45) is 5.73 Å². The highest BCUT2D eigenvalue weighted by molar-refractivity contribution is 7.80. The van der Waals surface area contributed by atoms with E-state index in [9.17, 15) is 0 Å². The minimum Gasteiger partial charge on any atom is -0.393 e. The highest BCUT2D eigenvalue weighted by atomic mass is 32.1. The molecular weight excluding hydrogens is 220 g/mol. The number of thiocarbonyl (C=S) groups is 1. The van der Waals surface area contributed by atoms with E-state index in [0.29, 0.717) is 11.0 Å². The van der Waals surface area contributed by atoms with E-state index in [1.54, 1.807) is 0 Å². The van der Waals surface area contributed by atoms with Gasteiger partial charge in [-0.3, -0.25) is 4.90 Å². The van der Waals surface area contributed by atoms with Crippen molar-refractivity contribution in [2.75, 3.05) is 6.54 Å². The molecule has 1 aliphatic heterocycles. The van der Waals surface area contributed by atoms with Gasteiger partial charge in [0.15, 0.2) is 0 Å². The van der Waals surface area contributed by atoms with Gasteiger partial charge in [-0.2, -0.15) is 0 Å². The van der Waals surface area contributed by atoms with E-state index in [0.717, 1.165) is 38.3 Å². The summed E-state index contributed by atoms with van der Waals surface area (Å²) in [5, 5.41) is 0. The van der Waals surface area contributed by atoms with Gasteiger partial charge in [0.2, 0.25) is 0 Å². The van der Waals surface area contributed by atoms with Gasteiger partial charge in [0.25, 0.3) is 0 Å². The van der Waals surface area contributed by atoms with Crippen molar-refractivity contribution in [1.82, 2.24) is 14.5 Å². The van der Waals surface area contributed by atoms with Crippen LogP contribution in [0.25, 0.3) is 0 Å². The lowest BCUT2D eigenvalue weighted by Gasteiger charge is -2.34. The number of fused-ring (bicyclic) bond motifs is 1. The summed E-state index contributed by atoms with van der Waals surface area (Å²) in [4.78, 5) is 7.40. The van der Waals surface area contributed by atoms with E-state index in [2.05, 4.69) is 21.4 Å². The maximum atomic E-state index is 5.63. The third-order valence-corrected chi connectivity index (χ3v) is 3.37. The number of aromatic nitrogens is 2. The Morgan fingerprint density at radius 1 is 1.62 bits per heavy atom. The van der Waals surface area contributed by atoms with Crippen LogP contribution in [-0.4, -0.2) is 32.0 Å². The summed E-state index contributed by atoms with van der Waals surface area (Å²) in [7, 11) is 0. The first-order valence-corrected chi connectivity index (χ1v) is 6.14. The van der Waals surface area contributed by atoms with Crippen molar-refractivity contribution in [3.05, 3.63) is 18.2 Å². The predicted molar refractivity (Wildman–Crippen MR) is 68.1 cm³/mol. The average Bonchev–Trinajstić information content (AvgIpc) is 2.72. The molecule has 1 atom stereocenters. The van der Waals surface area contributed by atoms with E-state index in [1.807, 2.05) is 12.4 Å². The molecule has 0 spiro atoms. The SMILES string of the molecule is CCC(CC(N)=S)N1CCn2ccnc2C1. The molecule has 0 aliphatic carbocycles. The maximum Gasteiger partial charge on any atom is 0.122 e. The quantitative estimate of drug-likeness (QED) is 0.800. The Balaban J connectivity index is 2.03. The molecule has 0 saturated heterocycles. The number of rotatable bonds is 4. The highest BCUT2D eigenvalue weighted by Gasteiger charge is 2.23. The molecule has 0 aromatic carbocycles. The van der Waals surface area contributed by atoms with E-state index < -0.39 is 0 Å². The number of nitrogens with zero attached hydrogens (tertiary/aromatic N) is 3. The van der Waals surface area contributed by atoms with E-state index in [1.165, 1.54) is 0 Å². The van der Waals surface area contributed by atoms with Crippen LogP contribution in [0.1, 0.15) is 25.6 Å². The van der Waals surface area contributed by atoms with Crippen LogP contribution in [0, 0.1) is 0 Å². The second-order valence-corrected chi connectivity index (χ2v) is 4.76. The fraction of sp³-hybridized carbons (Fsp3) is 0.636. The van der Waals surface area contributed by atoms with Crippen molar-refractivity contribution >= 4 is 17.2 Å². The number of hydrogen-bond acceptors (Lipinski definition) is 3. The first-order valence-electron chi connectivity index (χ1n) is 5.73. The minimum atomic E-state index is 0.461. The van der Waals surface area contributed by atoms with Crippen LogP contribution in [0.5, 0.6) is 0 Å². The molecule has 2 rings (SSSR count). The first-order chi connectivity index (χ1) is 7.70. The van der Waals surface area contributed by atoms with Crippen LogP contribution < -0.4 is 5.73 Å². The highest BCUT2D eigenvalue weighted by Crippen LogP contribution is 2.17. The molecule has 2 N–H and O–H groups in total. The van der Waals surface area contributed by atoms with Gasteiger partial charge in [-0.15, -0.1) is 0 Å². The van der Waals surface area contributed by atoms with Crippen LogP contribution >= 0.6 is 12.2 Å². The molecule has 1 aromatic heterocycles. The lowest BCUT2D eigenvalue weighted by atomic mass is 10.1. The number of nitrogens with two attached hydrogens (primary N) is 1. The second-order valence-electron chi connectivity index (χ2n) is 4.24. The molecule has 0 saturated carbocycles. The zero-order chi connectivity index (χ0) is 11.5. The van der Waals surface area contributed by atoms with E-state index in [-0.39, 0.29) is 0 Å². The Hall–Kier alpha value is -0.940. The molecule has 2 heterocycles. The minimum absolute atomic E-state index is 0.461. The van der Waals surface area contributed by atoms with Crippen LogP contribution in [0.3, 0.4) is 0 Å². The zero-order valence-corrected chi connectivity index (χ0v) is 10.4. The van der Waals surface area contributed by atoms with Crippen LogP contribution in [0.4, 0.5) is 0 Å². The molecule has 1 unspecified atom stereocenters. The van der Waals surface area contributed by atoms with Gasteiger partial charge in [0.1, 0.15) is 5.82 Å². The molecular formula is C11H18N4S. The molecule has 0 amide bonds. The molecule has 4 nitrogen and oxygen atoms in total. The summed E-state index contributed by atoms with van der Waals surface area (Å²) in [6, 6.07) is 0.461. The Bertz CT molecular complexity index is 374. The van der Waals surface area contributed by atoms with Crippen molar-refractivity contribution in [3.63, 3.8) is 0 Å². The molecule has 16 heavy (non-hydrogen) atoms. The van der Waals surface area contributed by atoms with E-state index >= 15 is 0 Å². The molecule has 0 radical (unpaired) electrons. The number of hydrogen-bond donors (Lipinski definition) is 1. The van der Waals surface area contributed by atoms with Gasteiger partial charge in [0.05, 0.1) is 11.5 Å². The lowest BCUT2D eigenvalue weighted by Crippen LogP contribution is -2.42. The average molecular weight is 238 g/mol. The fourth-order valence-corrected chi connectivity index (χ4v) is 2.46. The Morgan fingerprint density at radius 2 is 2.44 bits per heavy atom. The van der Waals surface area contributed by atoms with Gasteiger partial charge in [-0.05, 0) is 6.42 Å². The lowest BCUT2D eigenvalue weighted by molar-refractivity contribution is 0.152. The van der Waals surface area contributed by atoms with Gasteiger partial charge >= 0.3 is 0 Å². The van der Waals surface area contributed by atoms with E-state index in [4.69, 9.17) is 18.0 Å². The summed E-state index contributed by atoms with van der Waals surface area (Å²) >= 11 is 5.00. The third kappa shape index (κ3) is 2.41. The summed E-state index contributed by atoms with van der Waals surface area (Å²) in [5.74, 6) is 1.15. The molecule has 1 aromatic rings. The Morgan fingerprint density at radius 3 is 3.12 bits per heavy atom. The van der Waals surface area contributed by atoms with Gasteiger partial charge in [-0.1, -0.05) is 19.1 Å². The molecule has 5 heteroatoms. The van der Waals surface area contributed by atoms with Crippen LogP contribution in [0.15, 0.2) is 12.4 Å². The number of imidazole rings is 1. The van der Waals surface area contributed by atoms with Crippen LogP contribution in [-0.2, 0) is 13.1 Å². The Kier molecular flexibility index (Phi) is 3.56. The van der Waals surface area contributed by atoms with Gasteiger partial charge in [-0.25, -0.2) is 4.98 Å². The molecule has 1 aliphatic rings. The van der Waals surface area contributed by atoms with Gasteiger partial charge < -0.3 is 10.3 Å². The van der Waals surface area contributed by atoms with Gasteiger partial charge in [0, 0.05) is 37.9 Å². The zero-order valence-electron chi connectivity index (χ0n) is 9.59. The summed E-state index contributed by atoms with van der Waals surface area (Å²) in [6.45, 7) is 5.17. The largest absolute Gasteiger partial charge is 0.393 e. The monoisotopic (exact) mass is 238 g/mol. The molecule has 88 valence electrons. The van der Waals surface area contributed by atoms with Crippen molar-refractivity contribution < 1.29 is 0 Å². The smallest absolute Gasteiger partial charge is 0.122 e. The van der Waals surface area contributed by atoms with Crippen LogP contribution in [0.2, 0.25) is 0 Å². The van der Waals surface area contributed by atoms with Crippen molar-refractivity contribution in [2.45, 2.75) is 38.9 Å². The molecule has 0 fully saturated rings. The van der Waals surface area contributed by atoms with Crippen molar-refractivity contribution in [1.29, 1.82) is 0 Å². The first kappa shape index (κ1) is 11.5. The van der Waals surface area contributed by atoms with Crippen molar-refractivity contribution in [3.8, 4) is 0 Å². The molecule has 0 bridgehead atoms. The summed E-state index contributed by atoms with van der Waals surface area (Å²) < 4.78 is 2.21. The third-order valence-electron chi connectivity index (χ3n) is 3.20. The maximum absolute atomic E-state index is 5.63. The fourth-order valence-electron chi connectivity index (χ4n) is 2.27. The standard InChI is InChI=1S/C11H18N4S/c1-2-9(7-10(12)16)15-6-5-14-4-3-13-11(14)8-15/h3-4,9H,2,5-8H2,1H3,(H2,12,16). The Labute approximate surface area is 101 Å². The summed E-state index contributed by atoms with van der Waals surface area (Å²) in [6.07, 6.45) is 5.80.